The zero-order chi connectivity index (χ0) is 22.2. The predicted molar refractivity (Wildman–Crippen MR) is 117 cm³/mol. The van der Waals surface area contributed by atoms with E-state index in [1.165, 1.54) is 6.92 Å². The fourth-order valence-corrected chi connectivity index (χ4v) is 5.18. The topological polar surface area (TPSA) is 70.2 Å². The minimum atomic E-state index is -0.761. The van der Waals surface area contributed by atoms with Crippen LogP contribution in [0.25, 0.3) is 0 Å². The van der Waals surface area contributed by atoms with Crippen molar-refractivity contribution in [3.63, 3.8) is 0 Å². The van der Waals surface area contributed by atoms with Crippen LogP contribution in [0.1, 0.15) is 49.4 Å². The summed E-state index contributed by atoms with van der Waals surface area (Å²) < 4.78 is 6.21. The van der Waals surface area contributed by atoms with Gasteiger partial charge in [0, 0.05) is 38.7 Å². The number of benzene rings is 1. The molecule has 1 spiro atoms. The van der Waals surface area contributed by atoms with Gasteiger partial charge in [-0.15, -0.1) is 0 Å². The number of ether oxygens (including phenoxy) is 1. The first-order chi connectivity index (χ1) is 14.8. The van der Waals surface area contributed by atoms with E-state index in [4.69, 9.17) is 27.9 Å². The smallest absolute Gasteiger partial charge is 0.256 e. The summed E-state index contributed by atoms with van der Waals surface area (Å²) in [7, 11) is 0. The summed E-state index contributed by atoms with van der Waals surface area (Å²) in [6.45, 7) is 3.63. The number of carbonyl (C=O) groups is 3. The molecule has 3 amide bonds. The van der Waals surface area contributed by atoms with Gasteiger partial charge >= 0.3 is 0 Å². The molecular formula is C22H27Cl2N3O4. The second kappa shape index (κ2) is 8.96. The Morgan fingerprint density at radius 3 is 2.23 bits per heavy atom. The quantitative estimate of drug-likeness (QED) is 0.669. The zero-order valence-electron chi connectivity index (χ0n) is 17.6. The molecule has 2 heterocycles. The van der Waals surface area contributed by atoms with Gasteiger partial charge in [-0.1, -0.05) is 29.6 Å². The molecule has 1 aliphatic carbocycles. The Bertz CT molecular complexity index is 880. The largest absolute Gasteiger partial charge is 0.353 e. The summed E-state index contributed by atoms with van der Waals surface area (Å²) in [6.07, 6.45) is 4.40. The summed E-state index contributed by atoms with van der Waals surface area (Å²) in [4.78, 5) is 43.9. The second-order valence-corrected chi connectivity index (χ2v) is 9.28. The maximum atomic E-state index is 13.6. The van der Waals surface area contributed by atoms with Gasteiger partial charge in [0.05, 0.1) is 16.7 Å². The van der Waals surface area contributed by atoms with Crippen molar-refractivity contribution in [2.45, 2.75) is 50.8 Å². The van der Waals surface area contributed by atoms with Crippen LogP contribution in [-0.2, 0) is 14.3 Å². The van der Waals surface area contributed by atoms with Gasteiger partial charge in [-0.25, -0.2) is 0 Å². The summed E-state index contributed by atoms with van der Waals surface area (Å²) in [5.41, 5.74) is -0.368. The average molecular weight is 468 g/mol. The van der Waals surface area contributed by atoms with Gasteiger partial charge in [0.2, 0.25) is 11.8 Å². The molecule has 7 nitrogen and oxygen atoms in total. The lowest BCUT2D eigenvalue weighted by Crippen LogP contribution is -2.59. The summed E-state index contributed by atoms with van der Waals surface area (Å²) in [5.74, 6) is -0.383. The van der Waals surface area contributed by atoms with Crippen LogP contribution >= 0.6 is 23.2 Å². The molecular weight excluding hydrogens is 441 g/mol. The number of amides is 3. The van der Waals surface area contributed by atoms with Crippen molar-refractivity contribution in [2.24, 2.45) is 0 Å². The van der Waals surface area contributed by atoms with Gasteiger partial charge in [-0.05, 0) is 43.9 Å². The minimum absolute atomic E-state index is 0.00822. The number of piperazine rings is 1. The number of carbonyl (C=O) groups excluding carboxylic acids is 3. The third kappa shape index (κ3) is 4.28. The maximum absolute atomic E-state index is 13.6. The molecule has 1 aromatic carbocycles. The third-order valence-electron chi connectivity index (χ3n) is 6.60. The first kappa shape index (κ1) is 22.4. The van der Waals surface area contributed by atoms with E-state index in [1.807, 2.05) is 0 Å². The Labute approximate surface area is 192 Å². The number of rotatable bonds is 2. The summed E-state index contributed by atoms with van der Waals surface area (Å²) >= 11 is 12.2. The molecule has 4 rings (SSSR count). The van der Waals surface area contributed by atoms with Crippen molar-refractivity contribution in [1.29, 1.82) is 0 Å². The predicted octanol–water partition coefficient (Wildman–Crippen LogP) is 3.19. The average Bonchev–Trinajstić information content (AvgIpc) is 3.13. The summed E-state index contributed by atoms with van der Waals surface area (Å²) in [5, 5.41) is 0.674. The normalized spacial score (nSPS) is 23.3. The maximum Gasteiger partial charge on any atom is 0.256 e. The fourth-order valence-electron chi connectivity index (χ4n) is 4.88. The molecule has 0 N–H and O–H groups in total. The third-order valence-corrected chi connectivity index (χ3v) is 7.34. The van der Waals surface area contributed by atoms with Crippen LogP contribution in [0.2, 0.25) is 10.0 Å². The molecule has 1 atom stereocenters. The highest BCUT2D eigenvalue weighted by Crippen LogP contribution is 2.42. The van der Waals surface area contributed by atoms with Crippen molar-refractivity contribution in [1.82, 2.24) is 14.7 Å². The highest BCUT2D eigenvalue weighted by molar-refractivity contribution is 6.42. The van der Waals surface area contributed by atoms with Crippen LogP contribution < -0.4 is 0 Å². The lowest BCUT2D eigenvalue weighted by molar-refractivity contribution is -0.142. The van der Waals surface area contributed by atoms with Crippen LogP contribution in [-0.4, -0.2) is 77.0 Å². The summed E-state index contributed by atoms with van der Waals surface area (Å²) in [6, 6.07) is 4.09. The first-order valence-corrected chi connectivity index (χ1v) is 11.5. The van der Waals surface area contributed by atoms with Crippen LogP contribution in [0, 0.1) is 0 Å². The number of hydrogen-bond acceptors (Lipinski definition) is 4. The molecule has 1 saturated carbocycles. The van der Waals surface area contributed by atoms with Gasteiger partial charge in [-0.3, -0.25) is 19.3 Å². The van der Waals surface area contributed by atoms with Gasteiger partial charge in [-0.2, -0.15) is 0 Å². The van der Waals surface area contributed by atoms with Crippen molar-refractivity contribution in [3.05, 3.63) is 33.8 Å². The Kier molecular flexibility index (Phi) is 6.47. The number of nitrogens with zero attached hydrogens (tertiary/aromatic N) is 3. The SMILES string of the molecule is CC(=O)N1CCN(C(=O)[C@H]2COC3(CCCCC3)N2C(=O)c2ccc(Cl)c(Cl)c2)CC1. The van der Waals surface area contributed by atoms with E-state index in [0.29, 0.717) is 54.6 Å². The highest BCUT2D eigenvalue weighted by atomic mass is 35.5. The Hall–Kier alpha value is -1.83. The Morgan fingerprint density at radius 1 is 0.968 bits per heavy atom. The van der Waals surface area contributed by atoms with Crippen LogP contribution in [0.3, 0.4) is 0 Å². The monoisotopic (exact) mass is 467 g/mol. The van der Waals surface area contributed by atoms with E-state index in [2.05, 4.69) is 0 Å². The molecule has 0 unspecified atom stereocenters. The van der Waals surface area contributed by atoms with E-state index in [9.17, 15) is 14.4 Å². The lowest BCUT2D eigenvalue weighted by atomic mass is 9.89. The Morgan fingerprint density at radius 2 is 1.61 bits per heavy atom. The first-order valence-electron chi connectivity index (χ1n) is 10.8. The highest BCUT2D eigenvalue weighted by Gasteiger charge is 2.53. The molecule has 3 fully saturated rings. The van der Waals surface area contributed by atoms with Crippen LogP contribution in [0.5, 0.6) is 0 Å². The molecule has 0 radical (unpaired) electrons. The van der Waals surface area contributed by atoms with Crippen LogP contribution in [0.4, 0.5) is 0 Å². The van der Waals surface area contributed by atoms with Gasteiger partial charge in [0.1, 0.15) is 11.8 Å². The van der Waals surface area contributed by atoms with Crippen LogP contribution in [0.15, 0.2) is 18.2 Å². The van der Waals surface area contributed by atoms with Gasteiger partial charge < -0.3 is 14.5 Å². The van der Waals surface area contributed by atoms with E-state index in [-0.39, 0.29) is 24.3 Å². The van der Waals surface area contributed by atoms with Crippen molar-refractivity contribution >= 4 is 40.9 Å². The molecule has 3 aliphatic rings. The van der Waals surface area contributed by atoms with E-state index >= 15 is 0 Å². The number of hydrogen-bond donors (Lipinski definition) is 0. The fraction of sp³-hybridized carbons (Fsp3) is 0.591. The molecule has 168 valence electrons. The van der Waals surface area contributed by atoms with E-state index < -0.39 is 11.8 Å². The van der Waals surface area contributed by atoms with Crippen molar-refractivity contribution in [2.75, 3.05) is 32.8 Å². The standard InChI is InChI=1S/C22H27Cl2N3O4/c1-15(28)25-9-11-26(12-10-25)21(30)19-14-31-22(7-3-2-4-8-22)27(19)20(29)16-5-6-17(23)18(24)13-16/h5-6,13,19H,2-4,7-12,14H2,1H3/t19-/m1/s1. The molecule has 2 saturated heterocycles. The van der Waals surface area contributed by atoms with Gasteiger partial charge in [0.25, 0.3) is 5.91 Å². The number of halogens is 2. The molecule has 31 heavy (non-hydrogen) atoms. The molecule has 1 aromatic rings. The molecule has 0 bridgehead atoms. The minimum Gasteiger partial charge on any atom is -0.353 e. The van der Waals surface area contributed by atoms with Gasteiger partial charge in [0.15, 0.2) is 0 Å². The van der Waals surface area contributed by atoms with Crippen molar-refractivity contribution in [3.8, 4) is 0 Å². The molecule has 0 aromatic heterocycles. The molecule has 2 aliphatic heterocycles. The second-order valence-electron chi connectivity index (χ2n) is 8.47. The molecule has 9 heteroatoms. The van der Waals surface area contributed by atoms with E-state index in [1.54, 1.807) is 32.9 Å². The zero-order valence-corrected chi connectivity index (χ0v) is 19.1. The van der Waals surface area contributed by atoms with E-state index in [0.717, 1.165) is 19.3 Å². The lowest BCUT2D eigenvalue weighted by Gasteiger charge is -2.43. The van der Waals surface area contributed by atoms with Crippen molar-refractivity contribution < 1.29 is 19.1 Å². The Balaban J connectivity index is 1.60.